The summed E-state index contributed by atoms with van der Waals surface area (Å²) in [5, 5.41) is 11.5. The molecule has 1 fully saturated rings. The second-order valence-electron chi connectivity index (χ2n) is 11.0. The molecule has 1 N–H and O–H groups in total. The molecule has 1 aromatic heterocycles. The standard InChI is InChI=1S/C34H32N2O4/c1-22-20-24(13-18-28(22)40-21-23-10-6-5-7-11-23)31(37)29-30(27-12-8-9-19-35-27)36(33(39)32(29)38)26-16-14-25(15-17-26)34(2,3)4/h5-20,30,37H,21H2,1-4H3/b31-29-. The van der Waals surface area contributed by atoms with E-state index in [2.05, 4.69) is 25.8 Å². The van der Waals surface area contributed by atoms with E-state index in [1.54, 1.807) is 42.6 Å². The molecule has 6 heteroatoms. The van der Waals surface area contributed by atoms with Crippen LogP contribution < -0.4 is 9.64 Å². The van der Waals surface area contributed by atoms with Gasteiger partial charge in [0.25, 0.3) is 11.7 Å². The average Bonchev–Trinajstić information content (AvgIpc) is 3.22. The molecule has 0 spiro atoms. The number of nitrogens with zero attached hydrogens (tertiary/aromatic N) is 2. The fourth-order valence-electron chi connectivity index (χ4n) is 4.89. The number of anilines is 1. The number of aryl methyl sites for hydroxylation is 1. The van der Waals surface area contributed by atoms with E-state index in [1.165, 1.54) is 4.90 Å². The highest BCUT2D eigenvalue weighted by Gasteiger charge is 2.47. The van der Waals surface area contributed by atoms with Gasteiger partial charge in [-0.3, -0.25) is 19.5 Å². The van der Waals surface area contributed by atoms with E-state index in [9.17, 15) is 14.7 Å². The van der Waals surface area contributed by atoms with Crippen LogP contribution in [0.5, 0.6) is 5.75 Å². The van der Waals surface area contributed by atoms with Gasteiger partial charge < -0.3 is 9.84 Å². The first-order chi connectivity index (χ1) is 19.1. The summed E-state index contributed by atoms with van der Waals surface area (Å²) >= 11 is 0. The summed E-state index contributed by atoms with van der Waals surface area (Å²) in [5.41, 5.74) is 4.34. The van der Waals surface area contributed by atoms with E-state index in [0.717, 1.165) is 16.7 Å². The molecular formula is C34H32N2O4. The molecule has 0 saturated carbocycles. The lowest BCUT2D eigenvalue weighted by Crippen LogP contribution is -2.30. The second-order valence-corrected chi connectivity index (χ2v) is 11.0. The highest BCUT2D eigenvalue weighted by atomic mass is 16.5. The largest absolute Gasteiger partial charge is 0.507 e. The molecule has 2 heterocycles. The molecule has 4 aromatic rings. The van der Waals surface area contributed by atoms with Gasteiger partial charge in [-0.2, -0.15) is 0 Å². The third-order valence-corrected chi connectivity index (χ3v) is 7.11. The van der Waals surface area contributed by atoms with Crippen LogP contribution >= 0.6 is 0 Å². The number of benzene rings is 3. The summed E-state index contributed by atoms with van der Waals surface area (Å²) < 4.78 is 5.98. The Kier molecular flexibility index (Phi) is 7.26. The molecule has 1 amide bonds. The third kappa shape index (κ3) is 5.25. The van der Waals surface area contributed by atoms with Crippen molar-refractivity contribution in [3.8, 4) is 5.75 Å². The second kappa shape index (κ2) is 10.8. The maximum atomic E-state index is 13.5. The van der Waals surface area contributed by atoms with E-state index < -0.39 is 17.7 Å². The number of hydrogen-bond acceptors (Lipinski definition) is 5. The van der Waals surface area contributed by atoms with Gasteiger partial charge in [-0.05, 0) is 71.5 Å². The summed E-state index contributed by atoms with van der Waals surface area (Å²) in [7, 11) is 0. The number of Topliss-reactive ketones (excluding diaryl/α,β-unsaturated/α-hetero) is 1. The zero-order valence-corrected chi connectivity index (χ0v) is 23.1. The quantitative estimate of drug-likeness (QED) is 0.166. The molecule has 202 valence electrons. The van der Waals surface area contributed by atoms with Gasteiger partial charge in [0, 0.05) is 17.4 Å². The maximum absolute atomic E-state index is 13.5. The van der Waals surface area contributed by atoms with Gasteiger partial charge in [0.2, 0.25) is 0 Å². The van der Waals surface area contributed by atoms with Gasteiger partial charge in [0.15, 0.2) is 0 Å². The van der Waals surface area contributed by atoms with Gasteiger partial charge in [0.05, 0.1) is 11.3 Å². The lowest BCUT2D eigenvalue weighted by atomic mass is 9.87. The zero-order valence-electron chi connectivity index (χ0n) is 23.1. The van der Waals surface area contributed by atoms with Crippen molar-refractivity contribution in [2.75, 3.05) is 4.90 Å². The minimum atomic E-state index is -0.879. The molecular weight excluding hydrogens is 500 g/mol. The Hall–Kier alpha value is -4.71. The minimum absolute atomic E-state index is 0.000881. The fourth-order valence-corrected chi connectivity index (χ4v) is 4.89. The van der Waals surface area contributed by atoms with Crippen LogP contribution in [0.1, 0.15) is 54.8 Å². The number of carbonyl (C=O) groups is 2. The van der Waals surface area contributed by atoms with Crippen molar-refractivity contribution in [2.45, 2.75) is 45.8 Å². The number of amides is 1. The number of ketones is 1. The Morgan fingerprint density at radius 2 is 1.62 bits per heavy atom. The van der Waals surface area contributed by atoms with Crippen molar-refractivity contribution in [3.05, 3.63) is 131 Å². The predicted octanol–water partition coefficient (Wildman–Crippen LogP) is 6.89. The number of ether oxygens (including phenoxy) is 1. The third-order valence-electron chi connectivity index (χ3n) is 7.11. The molecule has 0 bridgehead atoms. The number of rotatable bonds is 6. The summed E-state index contributed by atoms with van der Waals surface area (Å²) in [6.07, 6.45) is 1.61. The number of aliphatic hydroxyl groups is 1. The van der Waals surface area contributed by atoms with Gasteiger partial charge >= 0.3 is 0 Å². The van der Waals surface area contributed by atoms with Crippen LogP contribution in [0.4, 0.5) is 5.69 Å². The molecule has 1 atom stereocenters. The predicted molar refractivity (Wildman–Crippen MR) is 156 cm³/mol. The Bertz CT molecular complexity index is 1570. The highest BCUT2D eigenvalue weighted by molar-refractivity contribution is 6.51. The van der Waals surface area contributed by atoms with Crippen molar-refractivity contribution < 1.29 is 19.4 Å². The van der Waals surface area contributed by atoms with Gasteiger partial charge in [-0.25, -0.2) is 0 Å². The highest BCUT2D eigenvalue weighted by Crippen LogP contribution is 2.42. The Morgan fingerprint density at radius 1 is 0.925 bits per heavy atom. The molecule has 3 aromatic carbocycles. The minimum Gasteiger partial charge on any atom is -0.507 e. The van der Waals surface area contributed by atoms with Crippen molar-refractivity contribution >= 4 is 23.1 Å². The van der Waals surface area contributed by atoms with E-state index in [0.29, 0.717) is 29.3 Å². The zero-order chi connectivity index (χ0) is 28.4. The average molecular weight is 533 g/mol. The first-order valence-corrected chi connectivity index (χ1v) is 13.3. The van der Waals surface area contributed by atoms with E-state index in [-0.39, 0.29) is 16.7 Å². The smallest absolute Gasteiger partial charge is 0.300 e. The van der Waals surface area contributed by atoms with Crippen LogP contribution in [0.25, 0.3) is 5.76 Å². The molecule has 6 nitrogen and oxygen atoms in total. The SMILES string of the molecule is Cc1cc(/C(O)=C2/C(=O)C(=O)N(c3ccc(C(C)(C)C)cc3)C2c2ccccn2)ccc1OCc1ccccc1. The van der Waals surface area contributed by atoms with Gasteiger partial charge in [0.1, 0.15) is 24.2 Å². The van der Waals surface area contributed by atoms with Crippen molar-refractivity contribution in [3.63, 3.8) is 0 Å². The normalized spacial score (nSPS) is 16.8. The number of carbonyl (C=O) groups excluding carboxylic acids is 2. The first kappa shape index (κ1) is 26.9. The fraction of sp³-hybridized carbons (Fsp3) is 0.206. The number of aliphatic hydroxyl groups excluding tert-OH is 1. The van der Waals surface area contributed by atoms with Crippen LogP contribution in [-0.4, -0.2) is 21.8 Å². The van der Waals surface area contributed by atoms with Crippen molar-refractivity contribution in [1.29, 1.82) is 0 Å². The Balaban J connectivity index is 1.54. The number of hydrogen-bond donors (Lipinski definition) is 1. The molecule has 40 heavy (non-hydrogen) atoms. The summed E-state index contributed by atoms with van der Waals surface area (Å²) in [6.45, 7) is 8.63. The van der Waals surface area contributed by atoms with Crippen molar-refractivity contribution in [1.82, 2.24) is 4.98 Å². The van der Waals surface area contributed by atoms with Crippen molar-refractivity contribution in [2.24, 2.45) is 0 Å². The lowest BCUT2D eigenvalue weighted by molar-refractivity contribution is -0.132. The van der Waals surface area contributed by atoms with Crippen LogP contribution in [-0.2, 0) is 21.6 Å². The van der Waals surface area contributed by atoms with E-state index in [1.807, 2.05) is 61.5 Å². The van der Waals surface area contributed by atoms with Crippen LogP contribution in [0.3, 0.4) is 0 Å². The lowest BCUT2D eigenvalue weighted by Gasteiger charge is -2.26. The monoisotopic (exact) mass is 532 g/mol. The summed E-state index contributed by atoms with van der Waals surface area (Å²) in [6, 6.07) is 27.1. The molecule has 0 aliphatic carbocycles. The van der Waals surface area contributed by atoms with E-state index in [4.69, 9.17) is 4.74 Å². The van der Waals surface area contributed by atoms with Crippen LogP contribution in [0.2, 0.25) is 0 Å². The molecule has 1 saturated heterocycles. The topological polar surface area (TPSA) is 79.7 Å². The molecule has 1 unspecified atom stereocenters. The molecule has 1 aliphatic heterocycles. The Labute approximate surface area is 234 Å². The summed E-state index contributed by atoms with van der Waals surface area (Å²) in [4.78, 5) is 32.8. The molecule has 0 radical (unpaired) electrons. The number of aromatic nitrogens is 1. The Morgan fingerprint density at radius 3 is 2.25 bits per heavy atom. The molecule has 5 rings (SSSR count). The van der Waals surface area contributed by atoms with E-state index >= 15 is 0 Å². The number of pyridine rings is 1. The van der Waals surface area contributed by atoms with Crippen LogP contribution in [0.15, 0.2) is 103 Å². The van der Waals surface area contributed by atoms with Gasteiger partial charge in [-0.15, -0.1) is 0 Å². The van der Waals surface area contributed by atoms with Gasteiger partial charge in [-0.1, -0.05) is 69.3 Å². The maximum Gasteiger partial charge on any atom is 0.300 e. The van der Waals surface area contributed by atoms with Crippen LogP contribution in [0, 0.1) is 6.92 Å². The summed E-state index contributed by atoms with van der Waals surface area (Å²) in [5.74, 6) is -1.04. The molecule has 1 aliphatic rings. The first-order valence-electron chi connectivity index (χ1n) is 13.3.